The van der Waals surface area contributed by atoms with Crippen molar-refractivity contribution in [1.29, 1.82) is 0 Å². The fourth-order valence-corrected chi connectivity index (χ4v) is 0.826. The number of carbonyl (C=O) groups is 1. The van der Waals surface area contributed by atoms with Crippen LogP contribution in [0.5, 0.6) is 0 Å². The average Bonchev–Trinajstić information content (AvgIpc) is 2.00. The third-order valence-electron chi connectivity index (χ3n) is 1.71. The maximum absolute atomic E-state index is 11.2. The maximum Gasteiger partial charge on any atom is 0.220 e. The lowest BCUT2D eigenvalue weighted by molar-refractivity contribution is -0.121. The average molecular weight is 172 g/mol. The summed E-state index contributed by atoms with van der Waals surface area (Å²) >= 11 is 0. The Morgan fingerprint density at radius 1 is 1.42 bits per heavy atom. The second kappa shape index (κ2) is 6.00. The Balaban J connectivity index is 3.46. The molecular formula is C9H20N2O. The van der Waals surface area contributed by atoms with Crippen LogP contribution in [0.3, 0.4) is 0 Å². The standard InChI is InChI=1S/C9H20N2O/c1-7(2)4-5-9(12)11-8(3)6-10/h7-8H,4-6,10H2,1-3H3,(H,11,12)/t8-/m1/s1. The molecule has 0 aromatic carbocycles. The molecule has 0 spiro atoms. The van der Waals surface area contributed by atoms with E-state index in [1.807, 2.05) is 6.92 Å². The van der Waals surface area contributed by atoms with Crippen molar-refractivity contribution in [1.82, 2.24) is 5.32 Å². The highest BCUT2D eigenvalue weighted by Crippen LogP contribution is 2.02. The van der Waals surface area contributed by atoms with E-state index in [2.05, 4.69) is 19.2 Å². The van der Waals surface area contributed by atoms with E-state index in [0.717, 1.165) is 6.42 Å². The quantitative estimate of drug-likeness (QED) is 0.647. The van der Waals surface area contributed by atoms with E-state index >= 15 is 0 Å². The van der Waals surface area contributed by atoms with Crippen LogP contribution in [0.15, 0.2) is 0 Å². The molecule has 3 nitrogen and oxygen atoms in total. The molecule has 0 unspecified atom stereocenters. The summed E-state index contributed by atoms with van der Waals surface area (Å²) < 4.78 is 0. The van der Waals surface area contributed by atoms with Crippen LogP contribution >= 0.6 is 0 Å². The van der Waals surface area contributed by atoms with Crippen molar-refractivity contribution in [2.75, 3.05) is 6.54 Å². The molecule has 0 bridgehead atoms. The van der Waals surface area contributed by atoms with Crippen molar-refractivity contribution in [2.45, 2.75) is 39.7 Å². The minimum atomic E-state index is 0.102. The molecule has 72 valence electrons. The second-order valence-electron chi connectivity index (χ2n) is 3.64. The van der Waals surface area contributed by atoms with Crippen molar-refractivity contribution in [3.8, 4) is 0 Å². The summed E-state index contributed by atoms with van der Waals surface area (Å²) in [7, 11) is 0. The predicted octanol–water partition coefficient (Wildman–Crippen LogP) is 0.886. The van der Waals surface area contributed by atoms with E-state index in [9.17, 15) is 4.79 Å². The van der Waals surface area contributed by atoms with E-state index in [4.69, 9.17) is 5.73 Å². The molecule has 1 atom stereocenters. The SMILES string of the molecule is CC(C)CCC(=O)N[C@H](C)CN. The Bertz CT molecular complexity index is 134. The molecular weight excluding hydrogens is 152 g/mol. The summed E-state index contributed by atoms with van der Waals surface area (Å²) in [5, 5.41) is 2.82. The lowest BCUT2D eigenvalue weighted by Crippen LogP contribution is -2.37. The summed E-state index contributed by atoms with van der Waals surface area (Å²) in [4.78, 5) is 11.2. The molecule has 0 heterocycles. The highest BCUT2D eigenvalue weighted by atomic mass is 16.1. The number of hydrogen-bond donors (Lipinski definition) is 2. The van der Waals surface area contributed by atoms with Gasteiger partial charge < -0.3 is 11.1 Å². The van der Waals surface area contributed by atoms with Crippen LogP contribution in [0.1, 0.15) is 33.6 Å². The van der Waals surface area contributed by atoms with Crippen LogP contribution in [0, 0.1) is 5.92 Å². The Morgan fingerprint density at radius 3 is 2.42 bits per heavy atom. The number of carbonyl (C=O) groups excluding carboxylic acids is 1. The summed E-state index contributed by atoms with van der Waals surface area (Å²) in [6, 6.07) is 0.102. The van der Waals surface area contributed by atoms with Gasteiger partial charge in [-0.25, -0.2) is 0 Å². The van der Waals surface area contributed by atoms with E-state index < -0.39 is 0 Å². The van der Waals surface area contributed by atoms with Gasteiger partial charge in [-0.15, -0.1) is 0 Å². The van der Waals surface area contributed by atoms with E-state index in [0.29, 0.717) is 18.9 Å². The number of nitrogens with one attached hydrogen (secondary N) is 1. The van der Waals surface area contributed by atoms with Crippen molar-refractivity contribution < 1.29 is 4.79 Å². The maximum atomic E-state index is 11.2. The Kier molecular flexibility index (Phi) is 5.72. The predicted molar refractivity (Wildman–Crippen MR) is 50.7 cm³/mol. The van der Waals surface area contributed by atoms with Gasteiger partial charge >= 0.3 is 0 Å². The molecule has 0 aromatic rings. The minimum Gasteiger partial charge on any atom is -0.352 e. The van der Waals surface area contributed by atoms with Gasteiger partial charge in [0.2, 0.25) is 5.91 Å². The van der Waals surface area contributed by atoms with Gasteiger partial charge in [0.25, 0.3) is 0 Å². The van der Waals surface area contributed by atoms with Gasteiger partial charge in [0.1, 0.15) is 0 Å². The minimum absolute atomic E-state index is 0.102. The number of rotatable bonds is 5. The second-order valence-corrected chi connectivity index (χ2v) is 3.64. The fraction of sp³-hybridized carbons (Fsp3) is 0.889. The van der Waals surface area contributed by atoms with Gasteiger partial charge in [-0.3, -0.25) is 4.79 Å². The van der Waals surface area contributed by atoms with Crippen LogP contribution in [-0.4, -0.2) is 18.5 Å². The van der Waals surface area contributed by atoms with Gasteiger partial charge in [0.05, 0.1) is 0 Å². The zero-order chi connectivity index (χ0) is 9.56. The summed E-state index contributed by atoms with van der Waals surface area (Å²) in [5.41, 5.74) is 5.36. The smallest absolute Gasteiger partial charge is 0.220 e. The lowest BCUT2D eigenvalue weighted by atomic mass is 10.1. The van der Waals surface area contributed by atoms with Crippen LogP contribution in [-0.2, 0) is 4.79 Å². The molecule has 12 heavy (non-hydrogen) atoms. The molecule has 0 radical (unpaired) electrons. The normalized spacial score (nSPS) is 13.1. The van der Waals surface area contributed by atoms with Crippen molar-refractivity contribution in [2.24, 2.45) is 11.7 Å². The molecule has 0 saturated heterocycles. The Hall–Kier alpha value is -0.570. The highest BCUT2D eigenvalue weighted by molar-refractivity contribution is 5.76. The molecule has 0 rings (SSSR count). The third kappa shape index (κ3) is 6.16. The first-order valence-corrected chi connectivity index (χ1v) is 4.55. The third-order valence-corrected chi connectivity index (χ3v) is 1.71. The molecule has 0 aliphatic heterocycles. The van der Waals surface area contributed by atoms with Crippen molar-refractivity contribution in [3.05, 3.63) is 0 Å². The summed E-state index contributed by atoms with van der Waals surface area (Å²) in [6.45, 7) is 6.64. The Labute approximate surface area is 74.7 Å². The molecule has 0 saturated carbocycles. The van der Waals surface area contributed by atoms with E-state index in [1.54, 1.807) is 0 Å². The number of nitrogens with two attached hydrogens (primary N) is 1. The van der Waals surface area contributed by atoms with Crippen molar-refractivity contribution in [3.63, 3.8) is 0 Å². The molecule has 0 aliphatic rings. The molecule has 0 aliphatic carbocycles. The van der Waals surface area contributed by atoms with Crippen LogP contribution < -0.4 is 11.1 Å². The summed E-state index contributed by atoms with van der Waals surface area (Å²) in [5.74, 6) is 0.700. The topological polar surface area (TPSA) is 55.1 Å². The number of hydrogen-bond acceptors (Lipinski definition) is 2. The molecule has 0 aromatic heterocycles. The van der Waals surface area contributed by atoms with E-state index in [-0.39, 0.29) is 11.9 Å². The first-order valence-electron chi connectivity index (χ1n) is 4.55. The van der Waals surface area contributed by atoms with Gasteiger partial charge in [-0.05, 0) is 19.3 Å². The zero-order valence-corrected chi connectivity index (χ0v) is 8.26. The lowest BCUT2D eigenvalue weighted by Gasteiger charge is -2.11. The largest absolute Gasteiger partial charge is 0.352 e. The van der Waals surface area contributed by atoms with Gasteiger partial charge in [-0.2, -0.15) is 0 Å². The zero-order valence-electron chi connectivity index (χ0n) is 8.26. The van der Waals surface area contributed by atoms with Crippen LogP contribution in [0.2, 0.25) is 0 Å². The van der Waals surface area contributed by atoms with E-state index in [1.165, 1.54) is 0 Å². The summed E-state index contributed by atoms with van der Waals surface area (Å²) in [6.07, 6.45) is 1.56. The van der Waals surface area contributed by atoms with Gasteiger partial charge in [-0.1, -0.05) is 13.8 Å². The molecule has 1 amide bonds. The first kappa shape index (κ1) is 11.4. The van der Waals surface area contributed by atoms with Gasteiger partial charge in [0, 0.05) is 19.0 Å². The highest BCUT2D eigenvalue weighted by Gasteiger charge is 2.05. The van der Waals surface area contributed by atoms with Crippen LogP contribution in [0.25, 0.3) is 0 Å². The van der Waals surface area contributed by atoms with Crippen molar-refractivity contribution >= 4 is 5.91 Å². The Morgan fingerprint density at radius 2 is 2.00 bits per heavy atom. The van der Waals surface area contributed by atoms with Gasteiger partial charge in [0.15, 0.2) is 0 Å². The molecule has 0 fully saturated rings. The monoisotopic (exact) mass is 172 g/mol. The molecule has 3 N–H and O–H groups in total. The fourth-order valence-electron chi connectivity index (χ4n) is 0.826. The first-order chi connectivity index (χ1) is 5.56. The molecule has 3 heteroatoms. The van der Waals surface area contributed by atoms with Crippen LogP contribution in [0.4, 0.5) is 0 Å². The number of amides is 1.